The van der Waals surface area contributed by atoms with E-state index < -0.39 is 5.91 Å². The van der Waals surface area contributed by atoms with Crippen LogP contribution < -0.4 is 11.0 Å². The molecule has 1 amide bonds. The molecule has 0 atom stereocenters. The van der Waals surface area contributed by atoms with Gasteiger partial charge in [-0.1, -0.05) is 77.9 Å². The average molecular weight is 410 g/mol. The molecule has 1 heterocycles. The highest BCUT2D eigenvalue weighted by molar-refractivity contribution is 5.94. The van der Waals surface area contributed by atoms with Gasteiger partial charge in [0.25, 0.3) is 11.5 Å². The second kappa shape index (κ2) is 8.75. The number of nitrogens with zero attached hydrogens (tertiary/aromatic N) is 3. The maximum absolute atomic E-state index is 12.9. The maximum Gasteiger partial charge on any atom is 0.275 e. The number of aromatic nitrogens is 2. The van der Waals surface area contributed by atoms with E-state index in [2.05, 4.69) is 15.6 Å². The number of carbonyl (C=O) groups is 1. The summed E-state index contributed by atoms with van der Waals surface area (Å²) >= 11 is 0. The summed E-state index contributed by atoms with van der Waals surface area (Å²) in [6.45, 7) is 3.79. The lowest BCUT2D eigenvalue weighted by Gasteiger charge is -2.11. The Morgan fingerprint density at radius 2 is 1.55 bits per heavy atom. The summed E-state index contributed by atoms with van der Waals surface area (Å²) in [5.74, 6) is -0.428. The van der Waals surface area contributed by atoms with Crippen LogP contribution >= 0.6 is 0 Å². The Bertz CT molecular complexity index is 1320. The molecule has 0 aliphatic heterocycles. The Balaban J connectivity index is 1.62. The number of rotatable bonds is 5. The Labute approximate surface area is 179 Å². The molecule has 31 heavy (non-hydrogen) atoms. The molecule has 1 aromatic heterocycles. The molecule has 154 valence electrons. The van der Waals surface area contributed by atoms with Gasteiger partial charge in [0.2, 0.25) is 0 Å². The van der Waals surface area contributed by atoms with Crippen LogP contribution in [0, 0.1) is 13.8 Å². The van der Waals surface area contributed by atoms with Crippen molar-refractivity contribution in [1.82, 2.24) is 15.2 Å². The highest BCUT2D eigenvalue weighted by Gasteiger charge is 2.14. The molecule has 4 aromatic rings. The van der Waals surface area contributed by atoms with Crippen molar-refractivity contribution < 1.29 is 4.79 Å². The molecular formula is C25H22N4O2. The fraction of sp³-hybridized carbons (Fsp3) is 0.120. The molecule has 0 bridgehead atoms. The SMILES string of the molecule is Cc1ccc(/C=N/NC(=O)Cn2nc(-c3ccc(C)cc3)c3ccccc3c2=O)cc1. The van der Waals surface area contributed by atoms with Crippen LogP contribution in [0.3, 0.4) is 0 Å². The number of nitrogens with one attached hydrogen (secondary N) is 1. The van der Waals surface area contributed by atoms with Crippen molar-refractivity contribution in [1.29, 1.82) is 0 Å². The predicted molar refractivity (Wildman–Crippen MR) is 123 cm³/mol. The minimum Gasteiger partial charge on any atom is -0.271 e. The summed E-state index contributed by atoms with van der Waals surface area (Å²) in [6.07, 6.45) is 1.56. The van der Waals surface area contributed by atoms with Crippen LogP contribution in [0.4, 0.5) is 0 Å². The highest BCUT2D eigenvalue weighted by Crippen LogP contribution is 2.24. The summed E-state index contributed by atoms with van der Waals surface area (Å²) in [6, 6.07) is 23.0. The van der Waals surface area contributed by atoms with Gasteiger partial charge < -0.3 is 0 Å². The largest absolute Gasteiger partial charge is 0.275 e. The van der Waals surface area contributed by atoms with Crippen LogP contribution in [0.1, 0.15) is 16.7 Å². The number of carbonyl (C=O) groups excluding carboxylic acids is 1. The molecule has 0 aliphatic rings. The lowest BCUT2D eigenvalue weighted by atomic mass is 10.0. The number of aryl methyl sites for hydroxylation is 2. The quantitative estimate of drug-likeness (QED) is 0.401. The topological polar surface area (TPSA) is 76.3 Å². The smallest absolute Gasteiger partial charge is 0.271 e. The summed E-state index contributed by atoms with van der Waals surface area (Å²) in [5, 5.41) is 9.76. The lowest BCUT2D eigenvalue weighted by Crippen LogP contribution is -2.32. The van der Waals surface area contributed by atoms with Gasteiger partial charge in [0.05, 0.1) is 17.3 Å². The molecule has 0 aliphatic carbocycles. The van der Waals surface area contributed by atoms with Gasteiger partial charge in [0, 0.05) is 10.9 Å². The normalized spacial score (nSPS) is 11.2. The third-order valence-corrected chi connectivity index (χ3v) is 4.97. The van der Waals surface area contributed by atoms with Crippen molar-refractivity contribution in [3.8, 4) is 11.3 Å². The van der Waals surface area contributed by atoms with Gasteiger partial charge in [-0.05, 0) is 25.5 Å². The lowest BCUT2D eigenvalue weighted by molar-refractivity contribution is -0.121. The molecule has 6 nitrogen and oxygen atoms in total. The van der Waals surface area contributed by atoms with Crippen molar-refractivity contribution in [2.75, 3.05) is 0 Å². The van der Waals surface area contributed by atoms with E-state index in [-0.39, 0.29) is 12.1 Å². The highest BCUT2D eigenvalue weighted by atomic mass is 16.2. The number of hydrogen-bond acceptors (Lipinski definition) is 4. The number of hydrogen-bond donors (Lipinski definition) is 1. The first-order valence-corrected chi connectivity index (χ1v) is 9.97. The molecule has 3 aromatic carbocycles. The van der Waals surface area contributed by atoms with Crippen molar-refractivity contribution in [3.05, 3.63) is 99.8 Å². The maximum atomic E-state index is 12.9. The number of benzene rings is 3. The average Bonchev–Trinajstić information content (AvgIpc) is 2.78. The van der Waals surface area contributed by atoms with Gasteiger partial charge in [-0.2, -0.15) is 10.2 Å². The van der Waals surface area contributed by atoms with Crippen LogP contribution in [-0.4, -0.2) is 21.9 Å². The summed E-state index contributed by atoms with van der Waals surface area (Å²) < 4.78 is 1.19. The molecule has 0 spiro atoms. The van der Waals surface area contributed by atoms with Crippen molar-refractivity contribution >= 4 is 22.9 Å². The van der Waals surface area contributed by atoms with Crippen molar-refractivity contribution in [2.24, 2.45) is 5.10 Å². The molecule has 1 N–H and O–H groups in total. The van der Waals surface area contributed by atoms with E-state index in [4.69, 9.17) is 0 Å². The van der Waals surface area contributed by atoms with Gasteiger partial charge in [0.15, 0.2) is 0 Å². The van der Waals surface area contributed by atoms with E-state index in [9.17, 15) is 9.59 Å². The van der Waals surface area contributed by atoms with Gasteiger partial charge in [-0.25, -0.2) is 10.1 Å². The summed E-state index contributed by atoms with van der Waals surface area (Å²) in [5.41, 5.74) is 6.84. The second-order valence-electron chi connectivity index (χ2n) is 7.43. The van der Waals surface area contributed by atoms with E-state index in [0.717, 1.165) is 27.6 Å². The minimum atomic E-state index is -0.428. The van der Waals surface area contributed by atoms with Gasteiger partial charge >= 0.3 is 0 Å². The zero-order chi connectivity index (χ0) is 21.8. The van der Waals surface area contributed by atoms with Crippen LogP contribution in [0.15, 0.2) is 82.7 Å². The Morgan fingerprint density at radius 3 is 2.23 bits per heavy atom. The van der Waals surface area contributed by atoms with E-state index in [1.165, 1.54) is 4.68 Å². The third-order valence-electron chi connectivity index (χ3n) is 4.97. The van der Waals surface area contributed by atoms with E-state index >= 15 is 0 Å². The first-order valence-electron chi connectivity index (χ1n) is 9.97. The zero-order valence-electron chi connectivity index (χ0n) is 17.4. The Kier molecular flexibility index (Phi) is 5.71. The molecule has 0 fully saturated rings. The molecular weight excluding hydrogens is 388 g/mol. The summed E-state index contributed by atoms with van der Waals surface area (Å²) in [4.78, 5) is 25.3. The zero-order valence-corrected chi connectivity index (χ0v) is 17.4. The Hall–Kier alpha value is -4.06. The van der Waals surface area contributed by atoms with E-state index in [1.807, 2.05) is 74.5 Å². The van der Waals surface area contributed by atoms with Crippen LogP contribution in [0.25, 0.3) is 22.0 Å². The number of amides is 1. The monoisotopic (exact) mass is 410 g/mol. The van der Waals surface area contributed by atoms with Crippen LogP contribution in [0.5, 0.6) is 0 Å². The van der Waals surface area contributed by atoms with Crippen LogP contribution in [0.2, 0.25) is 0 Å². The van der Waals surface area contributed by atoms with Gasteiger partial charge in [-0.3, -0.25) is 9.59 Å². The van der Waals surface area contributed by atoms with Crippen molar-refractivity contribution in [2.45, 2.75) is 20.4 Å². The fourth-order valence-corrected chi connectivity index (χ4v) is 3.27. The first-order chi connectivity index (χ1) is 15.0. The second-order valence-corrected chi connectivity index (χ2v) is 7.43. The standard InChI is InChI=1S/C25H22N4O2/c1-17-7-11-19(12-8-17)15-26-27-23(30)16-29-25(31)22-6-4-3-5-21(22)24(28-29)20-13-9-18(2)10-14-20/h3-15H,16H2,1-2H3,(H,27,30)/b26-15+. The van der Waals surface area contributed by atoms with E-state index in [0.29, 0.717) is 11.1 Å². The minimum absolute atomic E-state index is 0.228. The Morgan fingerprint density at radius 1 is 0.935 bits per heavy atom. The van der Waals surface area contributed by atoms with E-state index in [1.54, 1.807) is 18.3 Å². The molecule has 0 saturated carbocycles. The first kappa shape index (κ1) is 20.2. The molecule has 0 radical (unpaired) electrons. The third kappa shape index (κ3) is 4.59. The van der Waals surface area contributed by atoms with Gasteiger partial charge in [-0.15, -0.1) is 0 Å². The molecule has 0 unspecified atom stereocenters. The summed E-state index contributed by atoms with van der Waals surface area (Å²) in [7, 11) is 0. The molecule has 6 heteroatoms. The molecule has 4 rings (SSSR count). The number of hydrazone groups is 1. The van der Waals surface area contributed by atoms with Gasteiger partial charge in [0.1, 0.15) is 6.54 Å². The van der Waals surface area contributed by atoms with Crippen molar-refractivity contribution in [3.63, 3.8) is 0 Å². The fourth-order valence-electron chi connectivity index (χ4n) is 3.27. The molecule has 0 saturated heterocycles. The van der Waals surface area contributed by atoms with Crippen LogP contribution in [-0.2, 0) is 11.3 Å². The number of fused-ring (bicyclic) bond motifs is 1. The predicted octanol–water partition coefficient (Wildman–Crippen LogP) is 3.83.